The molecule has 1 fully saturated rings. The van der Waals surface area contributed by atoms with Crippen molar-refractivity contribution >= 4 is 33.9 Å². The molecule has 2 aromatic carbocycles. The average Bonchev–Trinajstić information content (AvgIpc) is 3.45. The fraction of sp³-hybridized carbons (Fsp3) is 0.265. The number of hydrogen-bond acceptors (Lipinski definition) is 9. The number of anilines is 1. The van der Waals surface area contributed by atoms with Crippen LogP contribution in [0.1, 0.15) is 41.0 Å². The molecule has 1 unspecified atom stereocenters. The Morgan fingerprint density at radius 3 is 2.42 bits per heavy atom. The number of aromatic nitrogens is 4. The standard InChI is InChI=1S/C34H34N8O3/c35-26(5-3-6-27(36)33(37)44)32(43)24-10-8-23(9-11-24)31-29(15-14-25-13-12-22-4-1-2-7-28(22)39-25)40-34-30(16-17-38-42(31)34)41-18-20-45-21-19-41/h1-2,4,7-13,16-17,26-27H,3,5-6,18-21,35-36H2,(H2,37,44)/t26?,27-/m0/s1. The quantitative estimate of drug-likeness (QED) is 0.170. The van der Waals surface area contributed by atoms with Gasteiger partial charge in [0.2, 0.25) is 5.91 Å². The van der Waals surface area contributed by atoms with E-state index >= 15 is 0 Å². The maximum absolute atomic E-state index is 13.1. The van der Waals surface area contributed by atoms with E-state index in [0.29, 0.717) is 60.8 Å². The number of primary amides is 1. The second-order valence-corrected chi connectivity index (χ2v) is 11.0. The van der Waals surface area contributed by atoms with Crippen LogP contribution in [0.3, 0.4) is 0 Å². The number of ketones is 1. The number of pyridine rings is 1. The zero-order valence-corrected chi connectivity index (χ0v) is 24.7. The monoisotopic (exact) mass is 602 g/mol. The van der Waals surface area contributed by atoms with Crippen LogP contribution in [0, 0.1) is 11.8 Å². The summed E-state index contributed by atoms with van der Waals surface area (Å²) in [6.45, 7) is 2.76. The number of rotatable bonds is 9. The zero-order valence-electron chi connectivity index (χ0n) is 24.7. The molecule has 0 radical (unpaired) electrons. The molecule has 11 heteroatoms. The zero-order chi connectivity index (χ0) is 31.3. The Hall–Kier alpha value is -5.15. The number of ether oxygens (including phenoxy) is 1. The normalized spacial score (nSPS) is 14.6. The minimum absolute atomic E-state index is 0.192. The molecule has 0 aliphatic carbocycles. The number of nitrogens with two attached hydrogens (primary N) is 3. The summed E-state index contributed by atoms with van der Waals surface area (Å²) in [5, 5.41) is 5.70. The van der Waals surface area contributed by atoms with Gasteiger partial charge in [-0.15, -0.1) is 0 Å². The first-order valence-corrected chi connectivity index (χ1v) is 14.9. The Bertz CT molecular complexity index is 1920. The van der Waals surface area contributed by atoms with E-state index in [1.807, 2.05) is 54.6 Å². The average molecular weight is 603 g/mol. The van der Waals surface area contributed by atoms with E-state index in [1.54, 1.807) is 22.8 Å². The highest BCUT2D eigenvalue weighted by atomic mass is 16.5. The molecule has 0 bridgehead atoms. The number of morpholine rings is 1. The lowest BCUT2D eigenvalue weighted by Crippen LogP contribution is -2.37. The SMILES string of the molecule is NC(=O)[C@@H](N)CCCC(N)C(=O)c1ccc(-c2c(C#Cc3ccc4ccccc4n3)nc3c(N4CCOCC4)ccnn23)cc1. The third kappa shape index (κ3) is 6.53. The third-order valence-corrected chi connectivity index (χ3v) is 7.93. The van der Waals surface area contributed by atoms with Crippen molar-refractivity contribution in [2.75, 3.05) is 31.2 Å². The van der Waals surface area contributed by atoms with Gasteiger partial charge >= 0.3 is 0 Å². The number of imidazole rings is 1. The molecule has 1 amide bonds. The summed E-state index contributed by atoms with van der Waals surface area (Å²) in [7, 11) is 0. The third-order valence-electron chi connectivity index (χ3n) is 7.93. The largest absolute Gasteiger partial charge is 0.378 e. The Balaban J connectivity index is 1.34. The van der Waals surface area contributed by atoms with Crippen molar-refractivity contribution in [3.05, 3.63) is 89.9 Å². The van der Waals surface area contributed by atoms with E-state index < -0.39 is 18.0 Å². The second kappa shape index (κ2) is 13.2. The van der Waals surface area contributed by atoms with Gasteiger partial charge < -0.3 is 26.8 Å². The fourth-order valence-corrected chi connectivity index (χ4v) is 5.43. The van der Waals surface area contributed by atoms with Crippen LogP contribution in [-0.4, -0.2) is 69.7 Å². The van der Waals surface area contributed by atoms with Crippen LogP contribution in [0.5, 0.6) is 0 Å². The highest BCUT2D eigenvalue weighted by Crippen LogP contribution is 2.30. The molecule has 228 valence electrons. The number of fused-ring (bicyclic) bond motifs is 2. The Morgan fingerprint density at radius 2 is 1.64 bits per heavy atom. The highest BCUT2D eigenvalue weighted by Gasteiger charge is 2.22. The van der Waals surface area contributed by atoms with Crippen LogP contribution >= 0.6 is 0 Å². The molecule has 6 N–H and O–H groups in total. The summed E-state index contributed by atoms with van der Waals surface area (Å²) in [6, 6.07) is 19.5. The first kappa shape index (κ1) is 29.9. The van der Waals surface area contributed by atoms with E-state index in [1.165, 1.54) is 0 Å². The summed E-state index contributed by atoms with van der Waals surface area (Å²) in [6.07, 6.45) is 3.04. The predicted molar refractivity (Wildman–Crippen MR) is 173 cm³/mol. The summed E-state index contributed by atoms with van der Waals surface area (Å²) in [5.41, 5.74) is 22.8. The first-order valence-electron chi connectivity index (χ1n) is 14.9. The number of benzene rings is 2. The Kier molecular flexibility index (Phi) is 8.79. The number of para-hydroxylation sites is 1. The van der Waals surface area contributed by atoms with Gasteiger partial charge in [-0.2, -0.15) is 5.10 Å². The lowest BCUT2D eigenvalue weighted by molar-refractivity contribution is -0.119. The van der Waals surface area contributed by atoms with Gasteiger partial charge in [-0.3, -0.25) is 9.59 Å². The topological polar surface area (TPSA) is 168 Å². The van der Waals surface area contributed by atoms with Gasteiger partial charge in [0.25, 0.3) is 0 Å². The molecule has 4 heterocycles. The fourth-order valence-electron chi connectivity index (χ4n) is 5.43. The van der Waals surface area contributed by atoms with Gasteiger partial charge in [0.1, 0.15) is 17.1 Å². The molecule has 11 nitrogen and oxygen atoms in total. The van der Waals surface area contributed by atoms with Crippen LogP contribution in [0.2, 0.25) is 0 Å². The van der Waals surface area contributed by atoms with Gasteiger partial charge in [-0.05, 0) is 49.3 Å². The molecule has 2 atom stereocenters. The number of Topliss-reactive ketones (excluding diaryl/α,β-unsaturated/α-hetero) is 1. The number of carbonyl (C=O) groups excluding carboxylic acids is 2. The van der Waals surface area contributed by atoms with Gasteiger partial charge in [-0.1, -0.05) is 48.5 Å². The number of nitrogens with zero attached hydrogens (tertiary/aromatic N) is 5. The van der Waals surface area contributed by atoms with E-state index in [9.17, 15) is 9.59 Å². The number of carbonyl (C=O) groups is 2. The van der Waals surface area contributed by atoms with Gasteiger partial charge in [-0.25, -0.2) is 14.5 Å². The van der Waals surface area contributed by atoms with Crippen molar-refractivity contribution in [1.82, 2.24) is 19.6 Å². The summed E-state index contributed by atoms with van der Waals surface area (Å²) in [4.78, 5) is 36.2. The maximum Gasteiger partial charge on any atom is 0.234 e. The van der Waals surface area contributed by atoms with Gasteiger partial charge in [0, 0.05) is 29.6 Å². The van der Waals surface area contributed by atoms with E-state index in [4.69, 9.17) is 31.9 Å². The first-order chi connectivity index (χ1) is 21.9. The summed E-state index contributed by atoms with van der Waals surface area (Å²) >= 11 is 0. The molecule has 5 aromatic rings. The van der Waals surface area contributed by atoms with Crippen molar-refractivity contribution in [2.24, 2.45) is 17.2 Å². The molecule has 1 aliphatic heterocycles. The van der Waals surface area contributed by atoms with Gasteiger partial charge in [0.05, 0.1) is 42.7 Å². The lowest BCUT2D eigenvalue weighted by Gasteiger charge is -2.28. The van der Waals surface area contributed by atoms with E-state index in [2.05, 4.69) is 21.8 Å². The van der Waals surface area contributed by atoms with Gasteiger partial charge in [0.15, 0.2) is 11.4 Å². The smallest absolute Gasteiger partial charge is 0.234 e. The van der Waals surface area contributed by atoms with E-state index in [0.717, 1.165) is 35.2 Å². The van der Waals surface area contributed by atoms with Crippen LogP contribution < -0.4 is 22.1 Å². The van der Waals surface area contributed by atoms with Crippen LogP contribution in [0.25, 0.3) is 27.8 Å². The molecule has 3 aromatic heterocycles. The molecule has 0 spiro atoms. The van der Waals surface area contributed by atoms with E-state index in [-0.39, 0.29) is 5.78 Å². The summed E-state index contributed by atoms with van der Waals surface area (Å²) in [5.74, 6) is 5.69. The van der Waals surface area contributed by atoms with Crippen molar-refractivity contribution in [1.29, 1.82) is 0 Å². The molecule has 0 saturated carbocycles. The van der Waals surface area contributed by atoms with Crippen molar-refractivity contribution in [2.45, 2.75) is 31.3 Å². The lowest BCUT2D eigenvalue weighted by atomic mass is 9.97. The minimum Gasteiger partial charge on any atom is -0.378 e. The molecular weight excluding hydrogens is 568 g/mol. The highest BCUT2D eigenvalue weighted by molar-refractivity contribution is 6.00. The Labute approximate surface area is 260 Å². The number of amides is 1. The van der Waals surface area contributed by atoms with Crippen LogP contribution in [0.15, 0.2) is 72.9 Å². The second-order valence-electron chi connectivity index (χ2n) is 11.0. The van der Waals surface area contributed by atoms with Crippen molar-refractivity contribution in [3.63, 3.8) is 0 Å². The van der Waals surface area contributed by atoms with Crippen LogP contribution in [-0.2, 0) is 9.53 Å². The van der Waals surface area contributed by atoms with Crippen LogP contribution in [0.4, 0.5) is 5.69 Å². The molecular formula is C34H34N8O3. The predicted octanol–water partition coefficient (Wildman–Crippen LogP) is 2.67. The molecule has 45 heavy (non-hydrogen) atoms. The maximum atomic E-state index is 13.1. The van der Waals surface area contributed by atoms with Crippen molar-refractivity contribution in [3.8, 4) is 23.1 Å². The summed E-state index contributed by atoms with van der Waals surface area (Å²) < 4.78 is 7.36. The minimum atomic E-state index is -0.747. The Morgan fingerprint density at radius 1 is 0.889 bits per heavy atom. The molecule has 1 aliphatic rings. The van der Waals surface area contributed by atoms with Crippen molar-refractivity contribution < 1.29 is 14.3 Å². The number of hydrogen-bond donors (Lipinski definition) is 3. The molecule has 1 saturated heterocycles. The molecule has 6 rings (SSSR count).